The standard InChI is InChI=1S/C15H31NO2/c1-5-9-13(10-6-2)14(18)16-11-15(7-3,8-4)12-17/h13,17H,5-12H2,1-4H3,(H,16,18). The fourth-order valence-electron chi connectivity index (χ4n) is 2.30. The Morgan fingerprint density at radius 1 is 1.11 bits per heavy atom. The van der Waals surface area contributed by atoms with Gasteiger partial charge in [0.25, 0.3) is 0 Å². The van der Waals surface area contributed by atoms with Crippen molar-refractivity contribution in [3.05, 3.63) is 0 Å². The van der Waals surface area contributed by atoms with Crippen molar-refractivity contribution in [1.82, 2.24) is 5.32 Å². The number of hydrogen-bond acceptors (Lipinski definition) is 2. The van der Waals surface area contributed by atoms with Gasteiger partial charge < -0.3 is 10.4 Å². The topological polar surface area (TPSA) is 49.3 Å². The zero-order valence-corrected chi connectivity index (χ0v) is 12.6. The van der Waals surface area contributed by atoms with Gasteiger partial charge in [0.15, 0.2) is 0 Å². The lowest BCUT2D eigenvalue weighted by Gasteiger charge is -2.30. The van der Waals surface area contributed by atoms with Crippen LogP contribution in [-0.2, 0) is 4.79 Å². The average molecular weight is 257 g/mol. The number of aliphatic hydroxyl groups is 1. The number of rotatable bonds is 10. The third-order valence-corrected chi connectivity index (χ3v) is 4.12. The molecule has 18 heavy (non-hydrogen) atoms. The van der Waals surface area contributed by atoms with Crippen molar-refractivity contribution in [2.24, 2.45) is 11.3 Å². The van der Waals surface area contributed by atoms with E-state index >= 15 is 0 Å². The first-order chi connectivity index (χ1) is 8.59. The summed E-state index contributed by atoms with van der Waals surface area (Å²) in [5.41, 5.74) is -0.140. The van der Waals surface area contributed by atoms with Crippen molar-refractivity contribution < 1.29 is 9.90 Å². The van der Waals surface area contributed by atoms with Crippen molar-refractivity contribution in [1.29, 1.82) is 0 Å². The van der Waals surface area contributed by atoms with E-state index in [0.717, 1.165) is 38.5 Å². The maximum atomic E-state index is 12.1. The summed E-state index contributed by atoms with van der Waals surface area (Å²) < 4.78 is 0. The first kappa shape index (κ1) is 17.4. The highest BCUT2D eigenvalue weighted by atomic mass is 16.3. The molecule has 0 saturated carbocycles. The molecule has 0 aliphatic heterocycles. The minimum atomic E-state index is -0.140. The molecule has 0 spiro atoms. The van der Waals surface area contributed by atoms with Crippen LogP contribution in [0.2, 0.25) is 0 Å². The molecule has 0 saturated heterocycles. The molecule has 3 heteroatoms. The Morgan fingerprint density at radius 3 is 1.94 bits per heavy atom. The summed E-state index contributed by atoms with van der Waals surface area (Å²) in [6.07, 6.45) is 5.81. The molecule has 0 aliphatic rings. The summed E-state index contributed by atoms with van der Waals surface area (Å²) in [6.45, 7) is 9.12. The fraction of sp³-hybridized carbons (Fsp3) is 0.933. The normalized spacial score (nSPS) is 11.9. The van der Waals surface area contributed by atoms with Gasteiger partial charge >= 0.3 is 0 Å². The Kier molecular flexibility index (Phi) is 9.08. The third kappa shape index (κ3) is 5.38. The second-order valence-corrected chi connectivity index (χ2v) is 5.36. The molecule has 0 aromatic carbocycles. The van der Waals surface area contributed by atoms with Gasteiger partial charge in [-0.15, -0.1) is 0 Å². The van der Waals surface area contributed by atoms with E-state index in [2.05, 4.69) is 33.0 Å². The van der Waals surface area contributed by atoms with E-state index in [1.54, 1.807) is 0 Å². The number of aliphatic hydroxyl groups excluding tert-OH is 1. The fourth-order valence-corrected chi connectivity index (χ4v) is 2.30. The molecule has 0 heterocycles. The van der Waals surface area contributed by atoms with E-state index < -0.39 is 0 Å². The number of carbonyl (C=O) groups excluding carboxylic acids is 1. The summed E-state index contributed by atoms with van der Waals surface area (Å²) in [6, 6.07) is 0. The number of amides is 1. The van der Waals surface area contributed by atoms with E-state index in [1.807, 2.05) is 0 Å². The van der Waals surface area contributed by atoms with Crippen molar-refractivity contribution in [2.75, 3.05) is 13.2 Å². The highest BCUT2D eigenvalue weighted by Crippen LogP contribution is 2.24. The molecule has 0 atom stereocenters. The summed E-state index contributed by atoms with van der Waals surface area (Å²) in [7, 11) is 0. The molecule has 0 bridgehead atoms. The van der Waals surface area contributed by atoms with Crippen LogP contribution < -0.4 is 5.32 Å². The van der Waals surface area contributed by atoms with Crippen LogP contribution in [-0.4, -0.2) is 24.2 Å². The van der Waals surface area contributed by atoms with Crippen molar-refractivity contribution >= 4 is 5.91 Å². The highest BCUT2D eigenvalue weighted by molar-refractivity contribution is 5.78. The molecule has 0 fully saturated rings. The maximum Gasteiger partial charge on any atom is 0.223 e. The van der Waals surface area contributed by atoms with Gasteiger partial charge in [0.2, 0.25) is 5.91 Å². The van der Waals surface area contributed by atoms with Gasteiger partial charge in [-0.1, -0.05) is 40.5 Å². The summed E-state index contributed by atoms with van der Waals surface area (Å²) >= 11 is 0. The largest absolute Gasteiger partial charge is 0.396 e. The molecule has 0 aromatic rings. The van der Waals surface area contributed by atoms with Crippen molar-refractivity contribution in [2.45, 2.75) is 66.2 Å². The molecule has 0 rings (SSSR count). The van der Waals surface area contributed by atoms with E-state index in [-0.39, 0.29) is 23.8 Å². The SMILES string of the molecule is CCCC(CCC)C(=O)NCC(CC)(CC)CO. The highest BCUT2D eigenvalue weighted by Gasteiger charge is 2.27. The Labute approximate surface area is 112 Å². The summed E-state index contributed by atoms with van der Waals surface area (Å²) in [4.78, 5) is 12.1. The van der Waals surface area contributed by atoms with Crippen LogP contribution in [0, 0.1) is 11.3 Å². The molecule has 108 valence electrons. The smallest absolute Gasteiger partial charge is 0.223 e. The Bertz CT molecular complexity index is 210. The predicted molar refractivity (Wildman–Crippen MR) is 76.4 cm³/mol. The Morgan fingerprint density at radius 2 is 1.61 bits per heavy atom. The van der Waals surface area contributed by atoms with Gasteiger partial charge in [-0.05, 0) is 25.7 Å². The molecule has 0 aromatic heterocycles. The molecule has 0 unspecified atom stereocenters. The van der Waals surface area contributed by atoms with E-state index in [0.29, 0.717) is 6.54 Å². The lowest BCUT2D eigenvalue weighted by Crippen LogP contribution is -2.41. The van der Waals surface area contributed by atoms with Gasteiger partial charge in [-0.2, -0.15) is 0 Å². The first-order valence-corrected chi connectivity index (χ1v) is 7.47. The lowest BCUT2D eigenvalue weighted by molar-refractivity contribution is -0.126. The van der Waals surface area contributed by atoms with Gasteiger partial charge in [0.05, 0.1) is 6.61 Å². The molecule has 3 nitrogen and oxygen atoms in total. The van der Waals surface area contributed by atoms with Gasteiger partial charge in [-0.25, -0.2) is 0 Å². The molecular formula is C15H31NO2. The maximum absolute atomic E-state index is 12.1. The van der Waals surface area contributed by atoms with Crippen LogP contribution in [0.25, 0.3) is 0 Å². The van der Waals surface area contributed by atoms with Crippen LogP contribution in [0.5, 0.6) is 0 Å². The second kappa shape index (κ2) is 9.37. The first-order valence-electron chi connectivity index (χ1n) is 7.47. The lowest BCUT2D eigenvalue weighted by atomic mass is 9.83. The Balaban J connectivity index is 4.35. The number of nitrogens with one attached hydrogen (secondary N) is 1. The van der Waals surface area contributed by atoms with Crippen LogP contribution >= 0.6 is 0 Å². The number of carbonyl (C=O) groups is 1. The van der Waals surface area contributed by atoms with E-state index in [1.165, 1.54) is 0 Å². The van der Waals surface area contributed by atoms with Crippen LogP contribution in [0.1, 0.15) is 66.2 Å². The zero-order valence-electron chi connectivity index (χ0n) is 12.6. The monoisotopic (exact) mass is 257 g/mol. The molecule has 0 radical (unpaired) electrons. The van der Waals surface area contributed by atoms with Gasteiger partial charge in [0, 0.05) is 17.9 Å². The molecule has 0 aliphatic carbocycles. The van der Waals surface area contributed by atoms with Gasteiger partial charge in [0.1, 0.15) is 0 Å². The van der Waals surface area contributed by atoms with Crippen LogP contribution in [0.15, 0.2) is 0 Å². The third-order valence-electron chi connectivity index (χ3n) is 4.12. The van der Waals surface area contributed by atoms with E-state index in [9.17, 15) is 9.90 Å². The van der Waals surface area contributed by atoms with Gasteiger partial charge in [-0.3, -0.25) is 4.79 Å². The summed E-state index contributed by atoms with van der Waals surface area (Å²) in [5.74, 6) is 0.309. The second-order valence-electron chi connectivity index (χ2n) is 5.36. The van der Waals surface area contributed by atoms with Crippen LogP contribution in [0.3, 0.4) is 0 Å². The van der Waals surface area contributed by atoms with Crippen molar-refractivity contribution in [3.8, 4) is 0 Å². The molecular weight excluding hydrogens is 226 g/mol. The zero-order chi connectivity index (χ0) is 14.0. The average Bonchev–Trinajstić information content (AvgIpc) is 2.40. The Hall–Kier alpha value is -0.570. The predicted octanol–water partition coefficient (Wildman–Crippen LogP) is 3.12. The molecule has 2 N–H and O–H groups in total. The van der Waals surface area contributed by atoms with E-state index in [4.69, 9.17) is 0 Å². The number of hydrogen-bond donors (Lipinski definition) is 2. The quantitative estimate of drug-likeness (QED) is 0.632. The minimum absolute atomic E-state index is 0.140. The summed E-state index contributed by atoms with van der Waals surface area (Å²) in [5, 5.41) is 12.5. The minimum Gasteiger partial charge on any atom is -0.396 e. The van der Waals surface area contributed by atoms with Crippen LogP contribution in [0.4, 0.5) is 0 Å². The van der Waals surface area contributed by atoms with Crippen molar-refractivity contribution in [3.63, 3.8) is 0 Å². The molecule has 1 amide bonds.